The molecule has 0 bridgehead atoms. The van der Waals surface area contributed by atoms with Crippen LogP contribution in [-0.4, -0.2) is 25.0 Å². The van der Waals surface area contributed by atoms with Gasteiger partial charge in [0.25, 0.3) is 0 Å². The Balaban J connectivity index is 1.35. The lowest BCUT2D eigenvalue weighted by Gasteiger charge is -2.09. The normalized spacial score (nSPS) is 11.0. The Morgan fingerprint density at radius 2 is 1.70 bits per heavy atom. The summed E-state index contributed by atoms with van der Waals surface area (Å²) in [5, 5.41) is 13.4. The molecule has 0 unspecified atom stereocenters. The number of rotatable bonds is 5. The molecule has 0 saturated carbocycles. The molecule has 6 heteroatoms. The molecule has 0 amide bonds. The molecule has 146 valence electrons. The van der Waals surface area contributed by atoms with Crippen molar-refractivity contribution in [3.05, 3.63) is 91.0 Å². The molecule has 5 aromatic rings. The molecule has 0 radical (unpaired) electrons. The quantitative estimate of drug-likeness (QED) is 0.434. The number of aromatic nitrogens is 5. The minimum absolute atomic E-state index is 0.420. The predicted molar refractivity (Wildman–Crippen MR) is 116 cm³/mol. The molecule has 0 aliphatic heterocycles. The summed E-state index contributed by atoms with van der Waals surface area (Å²) >= 11 is 0. The number of hydrogen-bond donors (Lipinski definition) is 0. The van der Waals surface area contributed by atoms with Crippen LogP contribution in [0.2, 0.25) is 0 Å². The lowest BCUT2D eigenvalue weighted by atomic mass is 10.0. The van der Waals surface area contributed by atoms with Crippen LogP contribution in [-0.2, 0) is 13.7 Å². The van der Waals surface area contributed by atoms with Gasteiger partial charge in [-0.05, 0) is 42.5 Å². The van der Waals surface area contributed by atoms with E-state index in [0.717, 1.165) is 44.7 Å². The van der Waals surface area contributed by atoms with Crippen LogP contribution < -0.4 is 4.74 Å². The van der Waals surface area contributed by atoms with Crippen molar-refractivity contribution in [1.82, 2.24) is 25.0 Å². The first-order chi connectivity index (χ1) is 14.8. The maximum absolute atomic E-state index is 5.96. The topological polar surface area (TPSA) is 65.7 Å². The first-order valence-electron chi connectivity index (χ1n) is 9.65. The number of para-hydroxylation sites is 1. The molecule has 6 nitrogen and oxygen atoms in total. The highest BCUT2D eigenvalue weighted by Gasteiger charge is 2.13. The molecule has 0 aliphatic carbocycles. The van der Waals surface area contributed by atoms with Crippen LogP contribution in [0.3, 0.4) is 0 Å². The molecule has 0 N–H and O–H groups in total. The Bertz CT molecular complexity index is 1300. The van der Waals surface area contributed by atoms with Gasteiger partial charge in [-0.3, -0.25) is 4.68 Å². The summed E-state index contributed by atoms with van der Waals surface area (Å²) in [5.74, 6) is 0.794. The summed E-state index contributed by atoms with van der Waals surface area (Å²) in [5.41, 5.74) is 5.95. The smallest absolute Gasteiger partial charge is 0.130 e. The minimum atomic E-state index is 0.420. The number of benzene rings is 2. The number of pyridine rings is 1. The van der Waals surface area contributed by atoms with Gasteiger partial charge in [0.2, 0.25) is 0 Å². The standard InChI is InChI=1S/C24H19N5O/c1-29-24(22(15-27-29)19-12-13-25-26-14-19)18-7-10-21(11-8-18)30-16-20-9-6-17-4-2-3-5-23(17)28-20/h2-15H,16H2,1H3. The van der Waals surface area contributed by atoms with Gasteiger partial charge in [0, 0.05) is 29.1 Å². The summed E-state index contributed by atoms with van der Waals surface area (Å²) in [6, 6.07) is 22.1. The molecule has 0 fully saturated rings. The monoisotopic (exact) mass is 393 g/mol. The highest BCUT2D eigenvalue weighted by Crippen LogP contribution is 2.32. The van der Waals surface area contributed by atoms with E-state index in [0.29, 0.717) is 6.61 Å². The number of hydrogen-bond acceptors (Lipinski definition) is 5. The maximum Gasteiger partial charge on any atom is 0.130 e. The zero-order valence-electron chi connectivity index (χ0n) is 16.4. The zero-order valence-corrected chi connectivity index (χ0v) is 16.4. The van der Waals surface area contributed by atoms with Crippen LogP contribution in [0.15, 0.2) is 85.3 Å². The molecule has 2 aromatic carbocycles. The fourth-order valence-corrected chi connectivity index (χ4v) is 3.50. The number of ether oxygens (including phenoxy) is 1. The van der Waals surface area contributed by atoms with Crippen LogP contribution in [0.25, 0.3) is 33.3 Å². The SMILES string of the molecule is Cn1ncc(-c2ccnnc2)c1-c1ccc(OCc2ccc3ccccc3n2)cc1. The molecule has 5 rings (SSSR count). The van der Waals surface area contributed by atoms with Crippen molar-refractivity contribution < 1.29 is 4.74 Å². The van der Waals surface area contributed by atoms with Crippen LogP contribution in [0.4, 0.5) is 0 Å². The largest absolute Gasteiger partial charge is 0.487 e. The molecule has 0 aliphatic rings. The summed E-state index contributed by atoms with van der Waals surface area (Å²) < 4.78 is 7.82. The first-order valence-corrected chi connectivity index (χ1v) is 9.65. The van der Waals surface area contributed by atoms with E-state index in [9.17, 15) is 0 Å². The van der Waals surface area contributed by atoms with Gasteiger partial charge < -0.3 is 4.74 Å². The summed E-state index contributed by atoms with van der Waals surface area (Å²) in [6.45, 7) is 0.420. The number of aryl methyl sites for hydroxylation is 1. The van der Waals surface area contributed by atoms with Crippen molar-refractivity contribution in [1.29, 1.82) is 0 Å². The van der Waals surface area contributed by atoms with E-state index >= 15 is 0 Å². The van der Waals surface area contributed by atoms with Gasteiger partial charge in [0.15, 0.2) is 0 Å². The third-order valence-electron chi connectivity index (χ3n) is 5.00. The average molecular weight is 393 g/mol. The maximum atomic E-state index is 5.96. The molecule has 3 heterocycles. The van der Waals surface area contributed by atoms with Crippen LogP contribution >= 0.6 is 0 Å². The van der Waals surface area contributed by atoms with Gasteiger partial charge in [-0.2, -0.15) is 15.3 Å². The van der Waals surface area contributed by atoms with Crippen molar-refractivity contribution in [3.63, 3.8) is 0 Å². The van der Waals surface area contributed by atoms with Crippen molar-refractivity contribution in [2.45, 2.75) is 6.61 Å². The fraction of sp³-hybridized carbons (Fsp3) is 0.0833. The Hall–Kier alpha value is -4.06. The second-order valence-electron chi connectivity index (χ2n) is 6.97. The Morgan fingerprint density at radius 3 is 2.53 bits per heavy atom. The molecule has 30 heavy (non-hydrogen) atoms. The first kappa shape index (κ1) is 18.0. The minimum Gasteiger partial charge on any atom is -0.487 e. The molecule has 0 spiro atoms. The highest BCUT2D eigenvalue weighted by molar-refractivity contribution is 5.80. The second-order valence-corrected chi connectivity index (χ2v) is 6.97. The van der Waals surface area contributed by atoms with Gasteiger partial charge >= 0.3 is 0 Å². The van der Waals surface area contributed by atoms with E-state index in [1.165, 1.54) is 0 Å². The average Bonchev–Trinajstić information content (AvgIpc) is 3.20. The summed E-state index contributed by atoms with van der Waals surface area (Å²) in [4.78, 5) is 4.66. The van der Waals surface area contributed by atoms with Crippen molar-refractivity contribution in [2.24, 2.45) is 7.05 Å². The van der Waals surface area contributed by atoms with Crippen molar-refractivity contribution in [3.8, 4) is 28.1 Å². The van der Waals surface area contributed by atoms with Gasteiger partial charge in [0.05, 0.1) is 35.5 Å². The number of nitrogens with zero attached hydrogens (tertiary/aromatic N) is 5. The Kier molecular flexibility index (Phi) is 4.65. The van der Waals surface area contributed by atoms with E-state index in [1.54, 1.807) is 12.4 Å². The van der Waals surface area contributed by atoms with E-state index in [-0.39, 0.29) is 0 Å². The zero-order chi connectivity index (χ0) is 20.3. The second kappa shape index (κ2) is 7.75. The van der Waals surface area contributed by atoms with E-state index < -0.39 is 0 Å². The number of fused-ring (bicyclic) bond motifs is 1. The lowest BCUT2D eigenvalue weighted by molar-refractivity contribution is 0.302. The third kappa shape index (κ3) is 3.51. The summed E-state index contributed by atoms with van der Waals surface area (Å²) in [7, 11) is 1.93. The van der Waals surface area contributed by atoms with Crippen LogP contribution in [0.5, 0.6) is 5.75 Å². The van der Waals surface area contributed by atoms with Gasteiger partial charge in [0.1, 0.15) is 12.4 Å². The molecule has 3 aromatic heterocycles. The van der Waals surface area contributed by atoms with Gasteiger partial charge in [-0.1, -0.05) is 24.3 Å². The van der Waals surface area contributed by atoms with E-state index in [4.69, 9.17) is 4.74 Å². The Labute approximate surface area is 173 Å². The van der Waals surface area contributed by atoms with Crippen LogP contribution in [0, 0.1) is 0 Å². The van der Waals surface area contributed by atoms with E-state index in [1.807, 2.05) is 72.5 Å². The molecule has 0 saturated heterocycles. The molecule has 0 atom stereocenters. The van der Waals surface area contributed by atoms with Gasteiger partial charge in [-0.25, -0.2) is 4.98 Å². The van der Waals surface area contributed by atoms with E-state index in [2.05, 4.69) is 32.4 Å². The molecular weight excluding hydrogens is 374 g/mol. The molecular formula is C24H19N5O. The van der Waals surface area contributed by atoms with Crippen molar-refractivity contribution >= 4 is 10.9 Å². The van der Waals surface area contributed by atoms with Gasteiger partial charge in [-0.15, -0.1) is 0 Å². The predicted octanol–water partition coefficient (Wildman–Crippen LogP) is 4.67. The lowest BCUT2D eigenvalue weighted by Crippen LogP contribution is -1.99. The third-order valence-corrected chi connectivity index (χ3v) is 5.00. The van der Waals surface area contributed by atoms with Crippen LogP contribution in [0.1, 0.15) is 5.69 Å². The van der Waals surface area contributed by atoms with Crippen molar-refractivity contribution in [2.75, 3.05) is 0 Å². The Morgan fingerprint density at radius 1 is 0.833 bits per heavy atom. The fourth-order valence-electron chi connectivity index (χ4n) is 3.50. The highest BCUT2D eigenvalue weighted by atomic mass is 16.5. The summed E-state index contributed by atoms with van der Waals surface area (Å²) in [6.07, 6.45) is 5.28.